The first kappa shape index (κ1) is 27.0. The predicted octanol–water partition coefficient (Wildman–Crippen LogP) is 5.22. The van der Waals surface area contributed by atoms with Gasteiger partial charge in [-0.1, -0.05) is 23.7 Å². The lowest BCUT2D eigenvalue weighted by molar-refractivity contribution is -0.126. The Morgan fingerprint density at radius 2 is 1.74 bits per heavy atom. The van der Waals surface area contributed by atoms with Crippen LogP contribution >= 0.6 is 11.6 Å². The maximum absolute atomic E-state index is 12.7. The number of carbonyl (C=O) groups excluding carboxylic acids is 2. The molecule has 1 aliphatic heterocycles. The van der Waals surface area contributed by atoms with E-state index in [4.69, 9.17) is 25.8 Å². The largest absolute Gasteiger partial charge is 0.494 e. The minimum absolute atomic E-state index is 0.103. The number of nitrogens with zero attached hydrogens (tertiary/aromatic N) is 2. The Labute approximate surface area is 227 Å². The molecule has 1 aliphatic rings. The zero-order valence-electron chi connectivity index (χ0n) is 21.4. The number of amides is 2. The standard InChI is InChI=1S/C29H30ClN3O5/c1-3-36-25-12-10-24(11-13-25)33-18-22(16-28(33)34)29(35)32-31-17-21-7-14-26(27(15-21)37-4-2)38-19-20-5-8-23(30)9-6-20/h5-15,17,22H,3-4,16,18-19H2,1-2H3,(H,32,35)/b31-17-/t22-/m1/s1. The molecule has 2 amide bonds. The van der Waals surface area contributed by atoms with E-state index < -0.39 is 5.92 Å². The van der Waals surface area contributed by atoms with E-state index >= 15 is 0 Å². The summed E-state index contributed by atoms with van der Waals surface area (Å²) in [5.41, 5.74) is 5.00. The third-order valence-electron chi connectivity index (χ3n) is 5.92. The maximum atomic E-state index is 12.7. The Hall–Kier alpha value is -4.04. The molecule has 0 radical (unpaired) electrons. The molecule has 0 unspecified atom stereocenters. The summed E-state index contributed by atoms with van der Waals surface area (Å²) in [7, 11) is 0. The number of rotatable bonds is 11. The molecule has 0 spiro atoms. The van der Waals surface area contributed by atoms with Gasteiger partial charge in [0.1, 0.15) is 12.4 Å². The van der Waals surface area contributed by atoms with E-state index in [0.717, 1.165) is 22.6 Å². The van der Waals surface area contributed by atoms with Gasteiger partial charge in [-0.3, -0.25) is 9.59 Å². The van der Waals surface area contributed by atoms with E-state index in [1.807, 2.05) is 68.4 Å². The molecule has 0 aliphatic carbocycles. The number of hydrogen-bond acceptors (Lipinski definition) is 6. The molecule has 0 aromatic heterocycles. The monoisotopic (exact) mass is 535 g/mol. The number of benzene rings is 3. The lowest BCUT2D eigenvalue weighted by Gasteiger charge is -2.17. The van der Waals surface area contributed by atoms with Gasteiger partial charge >= 0.3 is 0 Å². The van der Waals surface area contributed by atoms with Crippen LogP contribution in [0.5, 0.6) is 17.2 Å². The molecule has 38 heavy (non-hydrogen) atoms. The van der Waals surface area contributed by atoms with Crippen molar-refractivity contribution in [1.82, 2.24) is 5.43 Å². The number of ether oxygens (including phenoxy) is 3. The van der Waals surface area contributed by atoms with Crippen molar-refractivity contribution in [1.29, 1.82) is 0 Å². The van der Waals surface area contributed by atoms with Crippen LogP contribution in [0.15, 0.2) is 71.8 Å². The highest BCUT2D eigenvalue weighted by molar-refractivity contribution is 6.30. The first-order valence-electron chi connectivity index (χ1n) is 12.5. The maximum Gasteiger partial charge on any atom is 0.245 e. The van der Waals surface area contributed by atoms with Gasteiger partial charge in [0.2, 0.25) is 11.8 Å². The van der Waals surface area contributed by atoms with Gasteiger partial charge < -0.3 is 19.1 Å². The third-order valence-corrected chi connectivity index (χ3v) is 6.17. The van der Waals surface area contributed by atoms with Crippen LogP contribution in [0, 0.1) is 5.92 Å². The van der Waals surface area contributed by atoms with E-state index in [1.54, 1.807) is 17.0 Å². The number of anilines is 1. The summed E-state index contributed by atoms with van der Waals surface area (Å²) in [5, 5.41) is 4.76. The minimum Gasteiger partial charge on any atom is -0.494 e. The second kappa shape index (κ2) is 13.0. The molecule has 9 heteroatoms. The molecule has 8 nitrogen and oxygen atoms in total. The van der Waals surface area contributed by atoms with E-state index in [2.05, 4.69) is 10.5 Å². The number of nitrogens with one attached hydrogen (secondary N) is 1. The predicted molar refractivity (Wildman–Crippen MR) is 147 cm³/mol. The molecule has 0 bridgehead atoms. The molecule has 1 fully saturated rings. The quantitative estimate of drug-likeness (QED) is 0.268. The Kier molecular flexibility index (Phi) is 9.21. The molecule has 3 aromatic rings. The first-order chi connectivity index (χ1) is 18.5. The van der Waals surface area contributed by atoms with Crippen LogP contribution in [0.4, 0.5) is 5.69 Å². The summed E-state index contributed by atoms with van der Waals surface area (Å²) in [5.74, 6) is 1.00. The van der Waals surface area contributed by atoms with Gasteiger partial charge in [-0.05, 0) is 79.6 Å². The van der Waals surface area contributed by atoms with Crippen LogP contribution in [0.25, 0.3) is 0 Å². The van der Waals surface area contributed by atoms with Gasteiger partial charge in [0.15, 0.2) is 11.5 Å². The Morgan fingerprint density at radius 1 is 1.00 bits per heavy atom. The van der Waals surface area contributed by atoms with Crippen molar-refractivity contribution in [2.75, 3.05) is 24.7 Å². The van der Waals surface area contributed by atoms with E-state index in [-0.39, 0.29) is 18.2 Å². The second-order valence-electron chi connectivity index (χ2n) is 8.62. The van der Waals surface area contributed by atoms with Crippen molar-refractivity contribution in [3.8, 4) is 17.2 Å². The van der Waals surface area contributed by atoms with Gasteiger partial charge in [-0.2, -0.15) is 5.10 Å². The minimum atomic E-state index is -0.492. The zero-order valence-corrected chi connectivity index (χ0v) is 22.1. The third kappa shape index (κ3) is 7.04. The fraction of sp³-hybridized carbons (Fsp3) is 0.276. The molecule has 1 N–H and O–H groups in total. The Morgan fingerprint density at radius 3 is 2.45 bits per heavy atom. The molecule has 3 aromatic carbocycles. The van der Waals surface area contributed by atoms with Crippen LogP contribution in [0.2, 0.25) is 5.02 Å². The van der Waals surface area contributed by atoms with Crippen LogP contribution in [-0.2, 0) is 16.2 Å². The van der Waals surface area contributed by atoms with Crippen molar-refractivity contribution in [3.63, 3.8) is 0 Å². The highest BCUT2D eigenvalue weighted by Gasteiger charge is 2.35. The molecule has 1 atom stereocenters. The summed E-state index contributed by atoms with van der Waals surface area (Å²) >= 11 is 5.94. The van der Waals surface area contributed by atoms with Crippen LogP contribution in [0.3, 0.4) is 0 Å². The second-order valence-corrected chi connectivity index (χ2v) is 9.06. The van der Waals surface area contributed by atoms with E-state index in [0.29, 0.717) is 42.9 Å². The first-order valence-corrected chi connectivity index (χ1v) is 12.8. The van der Waals surface area contributed by atoms with Gasteiger partial charge in [-0.15, -0.1) is 0 Å². The van der Waals surface area contributed by atoms with Crippen molar-refractivity contribution in [2.24, 2.45) is 11.0 Å². The molecule has 1 saturated heterocycles. The fourth-order valence-electron chi connectivity index (χ4n) is 4.02. The summed E-state index contributed by atoms with van der Waals surface area (Å²) in [4.78, 5) is 26.8. The average Bonchev–Trinajstić information content (AvgIpc) is 3.31. The highest BCUT2D eigenvalue weighted by atomic mass is 35.5. The fourth-order valence-corrected chi connectivity index (χ4v) is 4.14. The topological polar surface area (TPSA) is 89.5 Å². The van der Waals surface area contributed by atoms with Crippen LogP contribution in [-0.4, -0.2) is 37.8 Å². The lowest BCUT2D eigenvalue weighted by atomic mass is 10.1. The van der Waals surface area contributed by atoms with Gasteiger partial charge in [0.25, 0.3) is 0 Å². The van der Waals surface area contributed by atoms with Crippen molar-refractivity contribution in [2.45, 2.75) is 26.9 Å². The van der Waals surface area contributed by atoms with E-state index in [1.165, 1.54) is 6.21 Å². The van der Waals surface area contributed by atoms with E-state index in [9.17, 15) is 9.59 Å². The molecule has 1 heterocycles. The smallest absolute Gasteiger partial charge is 0.245 e. The number of hydrogen-bond donors (Lipinski definition) is 1. The van der Waals surface area contributed by atoms with Crippen molar-refractivity contribution >= 4 is 35.3 Å². The Bertz CT molecular complexity index is 1280. The normalized spacial score (nSPS) is 15.1. The van der Waals surface area contributed by atoms with Gasteiger partial charge in [0.05, 0.1) is 25.3 Å². The van der Waals surface area contributed by atoms with Crippen molar-refractivity contribution < 1.29 is 23.8 Å². The SMILES string of the molecule is CCOc1ccc(N2C[C@H](C(=O)N/N=C\c3ccc(OCc4ccc(Cl)cc4)c(OCC)c3)CC2=O)cc1. The zero-order chi connectivity index (χ0) is 26.9. The molecule has 198 valence electrons. The molecule has 4 rings (SSSR count). The summed E-state index contributed by atoms with van der Waals surface area (Å²) in [6.45, 7) is 5.50. The molecular weight excluding hydrogens is 506 g/mol. The number of halogens is 1. The summed E-state index contributed by atoms with van der Waals surface area (Å²) < 4.78 is 17.1. The summed E-state index contributed by atoms with van der Waals surface area (Å²) in [6.07, 6.45) is 1.66. The number of hydrazone groups is 1. The number of carbonyl (C=O) groups is 2. The van der Waals surface area contributed by atoms with Crippen LogP contribution < -0.4 is 24.5 Å². The van der Waals surface area contributed by atoms with Crippen molar-refractivity contribution in [3.05, 3.63) is 82.9 Å². The molecular formula is C29H30ClN3O5. The molecule has 0 saturated carbocycles. The van der Waals surface area contributed by atoms with Gasteiger partial charge in [-0.25, -0.2) is 5.43 Å². The van der Waals surface area contributed by atoms with Crippen LogP contribution in [0.1, 0.15) is 31.4 Å². The lowest BCUT2D eigenvalue weighted by Crippen LogP contribution is -2.30. The summed E-state index contributed by atoms with van der Waals surface area (Å²) in [6, 6.07) is 20.1. The highest BCUT2D eigenvalue weighted by Crippen LogP contribution is 2.29. The average molecular weight is 536 g/mol. The van der Waals surface area contributed by atoms with Gasteiger partial charge in [0, 0.05) is 23.7 Å². The Balaban J connectivity index is 1.33.